The highest BCUT2D eigenvalue weighted by molar-refractivity contribution is 5.27. The van der Waals surface area contributed by atoms with Crippen molar-refractivity contribution in [2.75, 3.05) is 6.61 Å². The molecule has 0 amide bonds. The number of aryl methyl sites for hydroxylation is 2. The molecule has 112 valence electrons. The Balaban J connectivity index is 1.75. The van der Waals surface area contributed by atoms with Gasteiger partial charge >= 0.3 is 0 Å². The van der Waals surface area contributed by atoms with Crippen LogP contribution in [0.3, 0.4) is 0 Å². The molecule has 1 aromatic heterocycles. The number of nitrogens with zero attached hydrogens (tertiary/aromatic N) is 1. The van der Waals surface area contributed by atoms with Crippen LogP contribution >= 0.6 is 0 Å². The Hall–Kier alpha value is -1.87. The van der Waals surface area contributed by atoms with Crippen LogP contribution in [0.1, 0.15) is 30.2 Å². The lowest BCUT2D eigenvalue weighted by Gasteiger charge is -2.12. The van der Waals surface area contributed by atoms with Crippen molar-refractivity contribution in [1.82, 2.24) is 4.98 Å². The predicted molar refractivity (Wildman–Crippen MR) is 84.6 cm³/mol. The highest BCUT2D eigenvalue weighted by atomic mass is 16.5. The first kappa shape index (κ1) is 15.5. The number of pyridine rings is 1. The molecule has 0 radical (unpaired) electrons. The van der Waals surface area contributed by atoms with E-state index in [1.807, 2.05) is 43.5 Å². The van der Waals surface area contributed by atoms with Gasteiger partial charge in [0.25, 0.3) is 0 Å². The minimum atomic E-state index is -0.421. The largest absolute Gasteiger partial charge is 0.493 e. The summed E-state index contributed by atoms with van der Waals surface area (Å²) < 4.78 is 5.65. The molecule has 0 bridgehead atoms. The van der Waals surface area contributed by atoms with E-state index in [2.05, 4.69) is 18.0 Å². The summed E-state index contributed by atoms with van der Waals surface area (Å²) in [5.74, 6) is 0.854. The molecular formula is C18H23NO2. The molecule has 0 aliphatic heterocycles. The summed E-state index contributed by atoms with van der Waals surface area (Å²) >= 11 is 0. The van der Waals surface area contributed by atoms with Crippen LogP contribution in [0.5, 0.6) is 5.75 Å². The first-order chi connectivity index (χ1) is 10.2. The molecule has 1 aromatic carbocycles. The molecule has 0 spiro atoms. The molecule has 0 aliphatic rings. The highest BCUT2D eigenvalue weighted by Gasteiger charge is 2.07. The summed E-state index contributed by atoms with van der Waals surface area (Å²) in [7, 11) is 0. The number of hydrogen-bond acceptors (Lipinski definition) is 3. The maximum atomic E-state index is 10.0. The number of aliphatic hydroxyl groups is 1. The topological polar surface area (TPSA) is 42.4 Å². The van der Waals surface area contributed by atoms with Crippen molar-refractivity contribution in [2.45, 2.75) is 39.2 Å². The number of benzene rings is 1. The monoisotopic (exact) mass is 285 g/mol. The fourth-order valence-corrected chi connectivity index (χ4v) is 2.15. The zero-order chi connectivity index (χ0) is 15.1. The van der Waals surface area contributed by atoms with Gasteiger partial charge in [-0.25, -0.2) is 0 Å². The number of ether oxygens (including phenoxy) is 1. The van der Waals surface area contributed by atoms with Crippen LogP contribution in [0, 0.1) is 6.92 Å². The summed E-state index contributed by atoms with van der Waals surface area (Å²) in [5.41, 5.74) is 3.32. The Labute approximate surface area is 126 Å². The zero-order valence-electron chi connectivity index (χ0n) is 12.7. The Kier molecular flexibility index (Phi) is 5.76. The second-order valence-corrected chi connectivity index (χ2v) is 5.32. The summed E-state index contributed by atoms with van der Waals surface area (Å²) in [6.45, 7) is 4.65. The molecule has 0 saturated heterocycles. The molecule has 1 unspecified atom stereocenters. The summed E-state index contributed by atoms with van der Waals surface area (Å²) in [4.78, 5) is 4.37. The van der Waals surface area contributed by atoms with Crippen molar-refractivity contribution in [1.29, 1.82) is 0 Å². The average Bonchev–Trinajstić information content (AvgIpc) is 2.48. The van der Waals surface area contributed by atoms with E-state index in [0.29, 0.717) is 19.4 Å². The molecule has 1 heterocycles. The second-order valence-electron chi connectivity index (χ2n) is 5.32. The number of hydrogen-bond donors (Lipinski definition) is 1. The second kappa shape index (κ2) is 7.79. The van der Waals surface area contributed by atoms with E-state index < -0.39 is 6.10 Å². The van der Waals surface area contributed by atoms with Gasteiger partial charge in [-0.05, 0) is 42.7 Å². The van der Waals surface area contributed by atoms with Crippen LogP contribution < -0.4 is 4.74 Å². The molecule has 0 aliphatic carbocycles. The number of aliphatic hydroxyl groups excluding tert-OH is 1. The first-order valence-electron chi connectivity index (χ1n) is 7.48. The molecule has 1 atom stereocenters. The lowest BCUT2D eigenvalue weighted by molar-refractivity contribution is 0.138. The van der Waals surface area contributed by atoms with Crippen molar-refractivity contribution in [3.05, 3.63) is 59.4 Å². The van der Waals surface area contributed by atoms with E-state index in [0.717, 1.165) is 17.9 Å². The molecule has 2 rings (SSSR count). The molecule has 0 fully saturated rings. The molecule has 3 nitrogen and oxygen atoms in total. The number of aromatic nitrogens is 1. The lowest BCUT2D eigenvalue weighted by atomic mass is 10.1. The van der Waals surface area contributed by atoms with Gasteiger partial charge in [0.05, 0.1) is 12.7 Å². The van der Waals surface area contributed by atoms with Crippen molar-refractivity contribution < 1.29 is 9.84 Å². The normalized spacial score (nSPS) is 12.1. The Morgan fingerprint density at radius 3 is 2.76 bits per heavy atom. The highest BCUT2D eigenvalue weighted by Crippen LogP contribution is 2.13. The van der Waals surface area contributed by atoms with Gasteiger partial charge in [-0.2, -0.15) is 0 Å². The predicted octanol–water partition coefficient (Wildman–Crippen LogP) is 3.32. The van der Waals surface area contributed by atoms with Gasteiger partial charge in [0, 0.05) is 24.7 Å². The van der Waals surface area contributed by atoms with Gasteiger partial charge in [-0.3, -0.25) is 4.98 Å². The lowest BCUT2D eigenvalue weighted by Crippen LogP contribution is -2.15. The number of rotatable bonds is 7. The van der Waals surface area contributed by atoms with Crippen LogP contribution in [0.4, 0.5) is 0 Å². The van der Waals surface area contributed by atoms with Crippen LogP contribution in [0.25, 0.3) is 0 Å². The Morgan fingerprint density at radius 1 is 1.24 bits per heavy atom. The van der Waals surface area contributed by atoms with Crippen LogP contribution in [-0.2, 0) is 12.8 Å². The third-order valence-corrected chi connectivity index (χ3v) is 3.45. The summed E-state index contributed by atoms with van der Waals surface area (Å²) in [6.07, 6.45) is 3.62. The van der Waals surface area contributed by atoms with Gasteiger partial charge < -0.3 is 9.84 Å². The van der Waals surface area contributed by atoms with Crippen LogP contribution in [0.15, 0.2) is 42.6 Å². The van der Waals surface area contributed by atoms with Crippen LogP contribution in [-0.4, -0.2) is 22.8 Å². The van der Waals surface area contributed by atoms with E-state index in [1.165, 1.54) is 11.1 Å². The standard InChI is InChI=1S/C18H23NO2/c1-3-15-7-8-16(19-13-15)12-17(20)9-10-21-18-6-4-5-14(2)11-18/h4-8,11,13,17,20H,3,9-10,12H2,1-2H3. The van der Waals surface area contributed by atoms with E-state index in [9.17, 15) is 5.11 Å². The summed E-state index contributed by atoms with van der Waals surface area (Å²) in [5, 5.41) is 10.0. The van der Waals surface area contributed by atoms with Gasteiger partial charge in [0.15, 0.2) is 0 Å². The van der Waals surface area contributed by atoms with Crippen LogP contribution in [0.2, 0.25) is 0 Å². The Morgan fingerprint density at radius 2 is 2.10 bits per heavy atom. The van der Waals surface area contributed by atoms with Gasteiger partial charge in [0.1, 0.15) is 5.75 Å². The van der Waals surface area contributed by atoms with Crippen molar-refractivity contribution in [3.8, 4) is 5.75 Å². The molecular weight excluding hydrogens is 262 g/mol. The molecule has 21 heavy (non-hydrogen) atoms. The quantitative estimate of drug-likeness (QED) is 0.848. The molecule has 2 aromatic rings. The fourth-order valence-electron chi connectivity index (χ4n) is 2.15. The zero-order valence-corrected chi connectivity index (χ0v) is 12.7. The van der Waals surface area contributed by atoms with Crippen molar-refractivity contribution in [2.24, 2.45) is 0 Å². The average molecular weight is 285 g/mol. The molecule has 3 heteroatoms. The SMILES string of the molecule is CCc1ccc(CC(O)CCOc2cccc(C)c2)nc1. The minimum absolute atomic E-state index is 0.421. The third kappa shape index (κ3) is 5.20. The minimum Gasteiger partial charge on any atom is -0.493 e. The first-order valence-corrected chi connectivity index (χ1v) is 7.48. The van der Waals surface area contributed by atoms with E-state index in [-0.39, 0.29) is 0 Å². The van der Waals surface area contributed by atoms with Crippen molar-refractivity contribution >= 4 is 0 Å². The fraction of sp³-hybridized carbons (Fsp3) is 0.389. The maximum absolute atomic E-state index is 10.0. The van der Waals surface area contributed by atoms with E-state index in [1.54, 1.807) is 0 Å². The molecule has 1 N–H and O–H groups in total. The van der Waals surface area contributed by atoms with Gasteiger partial charge in [-0.1, -0.05) is 25.1 Å². The van der Waals surface area contributed by atoms with E-state index >= 15 is 0 Å². The Bertz CT molecular complexity index is 551. The molecule has 0 saturated carbocycles. The summed E-state index contributed by atoms with van der Waals surface area (Å²) in [6, 6.07) is 12.0. The smallest absolute Gasteiger partial charge is 0.119 e. The van der Waals surface area contributed by atoms with Gasteiger partial charge in [0.2, 0.25) is 0 Å². The van der Waals surface area contributed by atoms with Gasteiger partial charge in [-0.15, -0.1) is 0 Å². The van der Waals surface area contributed by atoms with E-state index in [4.69, 9.17) is 4.74 Å². The third-order valence-electron chi connectivity index (χ3n) is 3.45. The van der Waals surface area contributed by atoms with Crippen molar-refractivity contribution in [3.63, 3.8) is 0 Å². The maximum Gasteiger partial charge on any atom is 0.119 e.